The monoisotopic (exact) mass is 238 g/mol. The highest BCUT2D eigenvalue weighted by molar-refractivity contribution is 5.71. The fourth-order valence-electron chi connectivity index (χ4n) is 1.35. The summed E-state index contributed by atoms with van der Waals surface area (Å²) >= 11 is 0. The molecule has 0 saturated carbocycles. The Hall–Kier alpha value is -2.24. The van der Waals surface area contributed by atoms with Crippen LogP contribution in [0.15, 0.2) is 12.1 Å². The largest absolute Gasteiger partial charge is 0.410 e. The van der Waals surface area contributed by atoms with Crippen molar-refractivity contribution in [3.8, 4) is 11.5 Å². The normalized spacial score (nSPS) is 9.76. The van der Waals surface area contributed by atoms with Crippen LogP contribution in [0.4, 0.5) is 9.59 Å². The molecule has 0 fully saturated rings. The van der Waals surface area contributed by atoms with E-state index in [4.69, 9.17) is 20.9 Å². The fourth-order valence-corrected chi connectivity index (χ4v) is 1.35. The SMILES string of the molecule is CCc1cc(OC(N)=O)c(C)c(OC(N)=O)c1. The summed E-state index contributed by atoms with van der Waals surface area (Å²) in [6, 6.07) is 3.32. The van der Waals surface area contributed by atoms with Gasteiger partial charge in [0.1, 0.15) is 11.5 Å². The first kappa shape index (κ1) is 12.8. The number of rotatable bonds is 3. The number of hydrogen-bond donors (Lipinski definition) is 2. The average molecular weight is 238 g/mol. The van der Waals surface area contributed by atoms with Crippen LogP contribution < -0.4 is 20.9 Å². The van der Waals surface area contributed by atoms with E-state index < -0.39 is 12.2 Å². The zero-order valence-electron chi connectivity index (χ0n) is 9.65. The smallest absolute Gasteiger partial charge is 0.409 e. The molecule has 0 aliphatic heterocycles. The molecule has 0 heterocycles. The van der Waals surface area contributed by atoms with Crippen molar-refractivity contribution in [3.63, 3.8) is 0 Å². The van der Waals surface area contributed by atoms with Crippen molar-refractivity contribution < 1.29 is 19.1 Å². The lowest BCUT2D eigenvalue weighted by Gasteiger charge is -2.12. The van der Waals surface area contributed by atoms with Crippen LogP contribution in [0, 0.1) is 6.92 Å². The first-order valence-electron chi connectivity index (χ1n) is 5.02. The third kappa shape index (κ3) is 3.37. The summed E-state index contributed by atoms with van der Waals surface area (Å²) in [5.41, 5.74) is 11.2. The molecular formula is C11H14N2O4. The molecule has 0 saturated heterocycles. The fraction of sp³-hybridized carbons (Fsp3) is 0.273. The summed E-state index contributed by atoms with van der Waals surface area (Å²) in [7, 11) is 0. The predicted molar refractivity (Wildman–Crippen MR) is 61.0 cm³/mol. The van der Waals surface area contributed by atoms with Crippen LogP contribution in [-0.4, -0.2) is 12.2 Å². The second-order valence-electron chi connectivity index (χ2n) is 3.41. The number of carbonyl (C=O) groups excluding carboxylic acids is 2. The van der Waals surface area contributed by atoms with Crippen molar-refractivity contribution in [2.75, 3.05) is 0 Å². The Balaban J connectivity index is 3.20. The maximum atomic E-state index is 10.7. The van der Waals surface area contributed by atoms with E-state index in [1.54, 1.807) is 19.1 Å². The lowest BCUT2D eigenvalue weighted by Crippen LogP contribution is -2.19. The van der Waals surface area contributed by atoms with E-state index in [0.717, 1.165) is 5.56 Å². The molecule has 92 valence electrons. The highest BCUT2D eigenvalue weighted by Crippen LogP contribution is 2.30. The van der Waals surface area contributed by atoms with E-state index in [-0.39, 0.29) is 11.5 Å². The minimum atomic E-state index is -0.925. The molecule has 0 aromatic heterocycles. The van der Waals surface area contributed by atoms with Gasteiger partial charge in [0.15, 0.2) is 0 Å². The van der Waals surface area contributed by atoms with Crippen LogP contribution in [0.2, 0.25) is 0 Å². The van der Waals surface area contributed by atoms with Crippen LogP contribution in [0.5, 0.6) is 11.5 Å². The Bertz CT molecular complexity index is 420. The summed E-state index contributed by atoms with van der Waals surface area (Å²) < 4.78 is 9.63. The molecule has 0 unspecified atom stereocenters. The number of amides is 2. The van der Waals surface area contributed by atoms with Gasteiger partial charge in [-0.3, -0.25) is 0 Å². The van der Waals surface area contributed by atoms with Gasteiger partial charge in [0.05, 0.1) is 0 Å². The number of primary amides is 2. The highest BCUT2D eigenvalue weighted by Gasteiger charge is 2.12. The molecule has 1 aromatic carbocycles. The van der Waals surface area contributed by atoms with Crippen molar-refractivity contribution in [3.05, 3.63) is 23.3 Å². The van der Waals surface area contributed by atoms with E-state index in [9.17, 15) is 9.59 Å². The molecule has 0 atom stereocenters. The van der Waals surface area contributed by atoms with Crippen molar-refractivity contribution in [2.45, 2.75) is 20.3 Å². The van der Waals surface area contributed by atoms with E-state index in [2.05, 4.69) is 0 Å². The number of hydrogen-bond acceptors (Lipinski definition) is 4. The number of aryl methyl sites for hydroxylation is 1. The lowest BCUT2D eigenvalue weighted by molar-refractivity contribution is 0.208. The summed E-state index contributed by atoms with van der Waals surface area (Å²) in [6.45, 7) is 3.54. The minimum absolute atomic E-state index is 0.258. The second kappa shape index (κ2) is 5.20. The second-order valence-corrected chi connectivity index (χ2v) is 3.41. The van der Waals surface area contributed by atoms with Gasteiger partial charge in [0, 0.05) is 5.56 Å². The number of nitrogens with two attached hydrogens (primary N) is 2. The molecule has 0 aliphatic rings. The maximum Gasteiger partial charge on any atom is 0.409 e. The van der Waals surface area contributed by atoms with Gasteiger partial charge in [-0.25, -0.2) is 9.59 Å². The quantitative estimate of drug-likeness (QED) is 0.831. The zero-order valence-corrected chi connectivity index (χ0v) is 9.65. The molecule has 4 N–H and O–H groups in total. The van der Waals surface area contributed by atoms with Crippen LogP contribution in [-0.2, 0) is 6.42 Å². The van der Waals surface area contributed by atoms with Gasteiger partial charge >= 0.3 is 12.2 Å². The van der Waals surface area contributed by atoms with Crippen molar-refractivity contribution in [2.24, 2.45) is 11.5 Å². The van der Waals surface area contributed by atoms with Crippen molar-refractivity contribution >= 4 is 12.2 Å². The summed E-state index contributed by atoms with van der Waals surface area (Å²) in [5, 5.41) is 0. The van der Waals surface area contributed by atoms with Crippen molar-refractivity contribution in [1.82, 2.24) is 0 Å². The molecule has 0 radical (unpaired) electrons. The molecule has 1 aromatic rings. The van der Waals surface area contributed by atoms with Gasteiger partial charge in [0.2, 0.25) is 0 Å². The minimum Gasteiger partial charge on any atom is -0.410 e. The first-order chi connectivity index (χ1) is 7.93. The Labute approximate surface area is 98.5 Å². The number of benzene rings is 1. The number of carbonyl (C=O) groups is 2. The van der Waals surface area contributed by atoms with Crippen LogP contribution in [0.1, 0.15) is 18.1 Å². The topological polar surface area (TPSA) is 105 Å². The predicted octanol–water partition coefficient (Wildman–Crippen LogP) is 1.47. The Morgan fingerprint density at radius 2 is 1.53 bits per heavy atom. The molecule has 0 spiro atoms. The van der Waals surface area contributed by atoms with Gasteiger partial charge in [-0.1, -0.05) is 6.92 Å². The van der Waals surface area contributed by atoms with Gasteiger partial charge < -0.3 is 20.9 Å². The zero-order chi connectivity index (χ0) is 13.0. The molecular weight excluding hydrogens is 224 g/mol. The summed E-state index contributed by atoms with van der Waals surface area (Å²) in [4.78, 5) is 21.4. The van der Waals surface area contributed by atoms with Gasteiger partial charge in [0.25, 0.3) is 0 Å². The lowest BCUT2D eigenvalue weighted by atomic mass is 10.1. The van der Waals surface area contributed by atoms with Gasteiger partial charge in [-0.05, 0) is 31.0 Å². The van der Waals surface area contributed by atoms with E-state index in [1.165, 1.54) is 0 Å². The van der Waals surface area contributed by atoms with Gasteiger partial charge in [-0.15, -0.1) is 0 Å². The van der Waals surface area contributed by atoms with Gasteiger partial charge in [-0.2, -0.15) is 0 Å². The third-order valence-corrected chi connectivity index (χ3v) is 2.20. The highest BCUT2D eigenvalue weighted by atomic mass is 16.6. The first-order valence-corrected chi connectivity index (χ1v) is 5.02. The molecule has 6 heteroatoms. The summed E-state index contributed by atoms with van der Waals surface area (Å²) in [6.07, 6.45) is -1.16. The van der Waals surface area contributed by atoms with Crippen LogP contribution in [0.25, 0.3) is 0 Å². The maximum absolute atomic E-state index is 10.7. The molecule has 6 nitrogen and oxygen atoms in total. The van der Waals surface area contributed by atoms with E-state index in [0.29, 0.717) is 12.0 Å². The third-order valence-electron chi connectivity index (χ3n) is 2.20. The van der Waals surface area contributed by atoms with Crippen LogP contribution in [0.3, 0.4) is 0 Å². The van der Waals surface area contributed by atoms with Crippen LogP contribution >= 0.6 is 0 Å². The molecule has 1 rings (SSSR count). The van der Waals surface area contributed by atoms with Crippen molar-refractivity contribution in [1.29, 1.82) is 0 Å². The molecule has 17 heavy (non-hydrogen) atoms. The van der Waals surface area contributed by atoms with E-state index in [1.807, 2.05) is 6.92 Å². The average Bonchev–Trinajstić information content (AvgIpc) is 2.22. The Kier molecular flexibility index (Phi) is 3.92. The summed E-state index contributed by atoms with van der Waals surface area (Å²) in [5.74, 6) is 0.515. The molecule has 0 aliphatic carbocycles. The molecule has 0 bridgehead atoms. The number of ether oxygens (including phenoxy) is 2. The Morgan fingerprint density at radius 3 is 1.82 bits per heavy atom. The molecule has 2 amide bonds. The standard InChI is InChI=1S/C11H14N2O4/c1-3-7-4-8(16-10(12)14)6(2)9(5-7)17-11(13)15/h4-5H,3H2,1-2H3,(H2,12,14)(H2,13,15). The Morgan fingerprint density at radius 1 is 1.12 bits per heavy atom. The van der Waals surface area contributed by atoms with E-state index >= 15 is 0 Å².